The van der Waals surface area contributed by atoms with E-state index in [1.807, 2.05) is 31.2 Å². The van der Waals surface area contributed by atoms with Crippen molar-refractivity contribution >= 4 is 44.9 Å². The SMILES string of the molecule is Cc1ccc2ccnc(NCC(O)C(=O)Nc3nc(C)c(C(=O)O)s3)c2c1. The van der Waals surface area contributed by atoms with E-state index in [-0.39, 0.29) is 16.6 Å². The number of aromatic carboxylic acids is 1. The number of thiazole rings is 1. The zero-order valence-corrected chi connectivity index (χ0v) is 15.5. The number of fused-ring (bicyclic) bond motifs is 1. The minimum absolute atomic E-state index is 0.0493. The van der Waals surface area contributed by atoms with Gasteiger partial charge in [-0.15, -0.1) is 0 Å². The molecular formula is C18H18N4O4S. The minimum atomic E-state index is -1.36. The van der Waals surface area contributed by atoms with Crippen LogP contribution in [-0.2, 0) is 4.79 Å². The number of aromatic nitrogens is 2. The fourth-order valence-electron chi connectivity index (χ4n) is 2.55. The van der Waals surface area contributed by atoms with Crippen molar-refractivity contribution in [2.45, 2.75) is 20.0 Å². The van der Waals surface area contributed by atoms with Gasteiger partial charge in [-0.3, -0.25) is 10.1 Å². The summed E-state index contributed by atoms with van der Waals surface area (Å²) in [5.41, 5.74) is 1.39. The lowest BCUT2D eigenvalue weighted by molar-refractivity contribution is -0.123. The number of pyridine rings is 1. The number of nitrogens with one attached hydrogen (secondary N) is 2. The van der Waals surface area contributed by atoms with Crippen molar-refractivity contribution in [3.63, 3.8) is 0 Å². The molecule has 1 aromatic carbocycles. The van der Waals surface area contributed by atoms with Crippen molar-refractivity contribution in [1.29, 1.82) is 0 Å². The maximum Gasteiger partial charge on any atom is 0.347 e. The Hall–Kier alpha value is -3.04. The van der Waals surface area contributed by atoms with Crippen LogP contribution >= 0.6 is 11.3 Å². The minimum Gasteiger partial charge on any atom is -0.477 e. The molecule has 0 aliphatic rings. The first-order valence-corrected chi connectivity index (χ1v) is 8.95. The second kappa shape index (κ2) is 7.68. The predicted molar refractivity (Wildman–Crippen MR) is 103 cm³/mol. The van der Waals surface area contributed by atoms with E-state index in [9.17, 15) is 14.7 Å². The average Bonchev–Trinajstić information content (AvgIpc) is 3.00. The van der Waals surface area contributed by atoms with Gasteiger partial charge in [0.25, 0.3) is 5.91 Å². The largest absolute Gasteiger partial charge is 0.477 e. The molecule has 4 N–H and O–H groups in total. The molecule has 0 fully saturated rings. The lowest BCUT2D eigenvalue weighted by Crippen LogP contribution is -2.33. The van der Waals surface area contributed by atoms with Gasteiger partial charge in [0.2, 0.25) is 0 Å². The molecule has 140 valence electrons. The molecule has 1 unspecified atom stereocenters. The van der Waals surface area contributed by atoms with Crippen LogP contribution in [-0.4, -0.2) is 44.7 Å². The molecule has 0 saturated heterocycles. The van der Waals surface area contributed by atoms with Gasteiger partial charge in [-0.2, -0.15) is 0 Å². The van der Waals surface area contributed by atoms with Gasteiger partial charge in [-0.05, 0) is 31.4 Å². The number of rotatable bonds is 6. The summed E-state index contributed by atoms with van der Waals surface area (Å²) in [6.07, 6.45) is 0.294. The number of carboxylic acids is 1. The van der Waals surface area contributed by atoms with Crippen molar-refractivity contribution < 1.29 is 19.8 Å². The topological polar surface area (TPSA) is 124 Å². The number of hydrogen-bond acceptors (Lipinski definition) is 7. The van der Waals surface area contributed by atoms with Crippen LogP contribution in [0.1, 0.15) is 20.9 Å². The van der Waals surface area contributed by atoms with E-state index in [0.29, 0.717) is 11.5 Å². The highest BCUT2D eigenvalue weighted by molar-refractivity contribution is 7.17. The highest BCUT2D eigenvalue weighted by atomic mass is 32.1. The predicted octanol–water partition coefficient (Wildman–Crippen LogP) is 2.42. The standard InChI is InChI=1S/C18H18N4O4S/c1-9-3-4-11-5-6-19-15(12(11)7-9)20-8-13(23)16(24)22-18-21-10(2)14(27-18)17(25)26/h3-7,13,23H,8H2,1-2H3,(H,19,20)(H,25,26)(H,21,22,24). The number of carbonyl (C=O) groups is 2. The third kappa shape index (κ3) is 4.21. The Bertz CT molecular complexity index is 1020. The second-order valence-corrected chi connectivity index (χ2v) is 7.01. The molecule has 0 saturated carbocycles. The number of amides is 1. The number of benzene rings is 1. The Kier molecular flexibility index (Phi) is 5.33. The number of hydrogen-bond donors (Lipinski definition) is 4. The number of aryl methyl sites for hydroxylation is 2. The summed E-state index contributed by atoms with van der Waals surface area (Å²) >= 11 is 0.845. The quantitative estimate of drug-likeness (QED) is 0.513. The molecule has 0 aliphatic carbocycles. The second-order valence-electron chi connectivity index (χ2n) is 6.01. The lowest BCUT2D eigenvalue weighted by atomic mass is 10.1. The summed E-state index contributed by atoms with van der Waals surface area (Å²) in [5, 5.41) is 26.6. The first-order valence-electron chi connectivity index (χ1n) is 8.14. The van der Waals surface area contributed by atoms with Crippen LogP contribution < -0.4 is 10.6 Å². The maximum absolute atomic E-state index is 12.1. The number of anilines is 2. The Morgan fingerprint density at radius 3 is 2.74 bits per heavy atom. The molecule has 0 bridgehead atoms. The van der Waals surface area contributed by atoms with Gasteiger partial charge in [0.1, 0.15) is 16.8 Å². The number of aliphatic hydroxyl groups is 1. The van der Waals surface area contributed by atoms with E-state index < -0.39 is 18.0 Å². The zero-order chi connectivity index (χ0) is 19.6. The molecule has 2 aromatic heterocycles. The van der Waals surface area contributed by atoms with E-state index in [2.05, 4.69) is 20.6 Å². The number of carboxylic acid groups (broad SMARTS) is 1. The first kappa shape index (κ1) is 18.7. The van der Waals surface area contributed by atoms with Gasteiger partial charge in [0, 0.05) is 11.6 Å². The Morgan fingerprint density at radius 1 is 1.26 bits per heavy atom. The van der Waals surface area contributed by atoms with E-state index in [1.165, 1.54) is 0 Å². The molecule has 0 radical (unpaired) electrons. The summed E-state index contributed by atoms with van der Waals surface area (Å²) in [7, 11) is 0. The summed E-state index contributed by atoms with van der Waals surface area (Å²) < 4.78 is 0. The van der Waals surface area contributed by atoms with Crippen LogP contribution in [0.15, 0.2) is 30.5 Å². The zero-order valence-electron chi connectivity index (χ0n) is 14.7. The summed E-state index contributed by atoms with van der Waals surface area (Å²) in [4.78, 5) is 31.5. The van der Waals surface area contributed by atoms with E-state index in [4.69, 9.17) is 5.11 Å². The maximum atomic E-state index is 12.1. The van der Waals surface area contributed by atoms with E-state index in [0.717, 1.165) is 27.7 Å². The van der Waals surface area contributed by atoms with Crippen LogP contribution in [0.3, 0.4) is 0 Å². The Morgan fingerprint density at radius 2 is 2.04 bits per heavy atom. The molecular weight excluding hydrogens is 368 g/mol. The Balaban J connectivity index is 1.66. The van der Waals surface area contributed by atoms with Gasteiger partial charge in [0.15, 0.2) is 5.13 Å². The van der Waals surface area contributed by atoms with Gasteiger partial charge < -0.3 is 15.5 Å². The smallest absolute Gasteiger partial charge is 0.347 e. The van der Waals surface area contributed by atoms with Crippen molar-refractivity contribution in [1.82, 2.24) is 9.97 Å². The van der Waals surface area contributed by atoms with Gasteiger partial charge >= 0.3 is 5.97 Å². The number of nitrogens with zero attached hydrogens (tertiary/aromatic N) is 2. The molecule has 3 aromatic rings. The molecule has 3 rings (SSSR count). The fourth-order valence-corrected chi connectivity index (χ4v) is 3.35. The van der Waals surface area contributed by atoms with E-state index >= 15 is 0 Å². The van der Waals surface area contributed by atoms with Crippen LogP contribution in [0, 0.1) is 13.8 Å². The van der Waals surface area contributed by atoms with Crippen molar-refractivity contribution in [2.24, 2.45) is 0 Å². The molecule has 1 amide bonds. The summed E-state index contributed by atoms with van der Waals surface area (Å²) in [6, 6.07) is 7.83. The Labute approximate surface area is 158 Å². The molecule has 9 heteroatoms. The van der Waals surface area contributed by atoms with Gasteiger partial charge in [-0.1, -0.05) is 29.0 Å². The lowest BCUT2D eigenvalue weighted by Gasteiger charge is -2.13. The normalized spacial score (nSPS) is 12.0. The third-order valence-electron chi connectivity index (χ3n) is 3.91. The van der Waals surface area contributed by atoms with Crippen LogP contribution in [0.5, 0.6) is 0 Å². The average molecular weight is 386 g/mol. The monoisotopic (exact) mass is 386 g/mol. The fraction of sp³-hybridized carbons (Fsp3) is 0.222. The van der Waals surface area contributed by atoms with Crippen LogP contribution in [0.4, 0.5) is 10.9 Å². The molecule has 2 heterocycles. The first-order chi connectivity index (χ1) is 12.8. The van der Waals surface area contributed by atoms with E-state index in [1.54, 1.807) is 13.1 Å². The third-order valence-corrected chi connectivity index (χ3v) is 4.97. The van der Waals surface area contributed by atoms with Crippen LogP contribution in [0.2, 0.25) is 0 Å². The number of carbonyl (C=O) groups excluding carboxylic acids is 1. The molecule has 27 heavy (non-hydrogen) atoms. The molecule has 0 spiro atoms. The summed E-state index contributed by atoms with van der Waals surface area (Å²) in [5.74, 6) is -1.21. The van der Waals surface area contributed by atoms with Gasteiger partial charge in [0.05, 0.1) is 12.2 Å². The summed E-state index contributed by atoms with van der Waals surface area (Å²) in [6.45, 7) is 3.46. The number of aliphatic hydroxyl groups excluding tert-OH is 1. The highest BCUT2D eigenvalue weighted by Gasteiger charge is 2.20. The van der Waals surface area contributed by atoms with Gasteiger partial charge in [-0.25, -0.2) is 14.8 Å². The molecule has 0 aliphatic heterocycles. The highest BCUT2D eigenvalue weighted by Crippen LogP contribution is 2.23. The molecule has 8 nitrogen and oxygen atoms in total. The van der Waals surface area contributed by atoms with Crippen molar-refractivity contribution in [3.8, 4) is 0 Å². The molecule has 1 atom stereocenters. The van der Waals surface area contributed by atoms with Crippen molar-refractivity contribution in [2.75, 3.05) is 17.2 Å². The van der Waals surface area contributed by atoms with Crippen molar-refractivity contribution in [3.05, 3.63) is 46.6 Å². The van der Waals surface area contributed by atoms with Crippen LogP contribution in [0.25, 0.3) is 10.8 Å².